The van der Waals surface area contributed by atoms with Gasteiger partial charge in [-0.05, 0) is 38.7 Å². The van der Waals surface area contributed by atoms with Crippen molar-refractivity contribution in [3.63, 3.8) is 0 Å². The molecule has 2 N–H and O–H groups in total. The Morgan fingerprint density at radius 3 is 2.80 bits per heavy atom. The van der Waals surface area contributed by atoms with Gasteiger partial charge in [0.15, 0.2) is 5.82 Å². The molecule has 1 amide bonds. The maximum atomic E-state index is 12.6. The molecule has 1 aliphatic rings. The third-order valence-electron chi connectivity index (χ3n) is 5.81. The van der Waals surface area contributed by atoms with Crippen LogP contribution in [0.2, 0.25) is 0 Å². The number of carbonyl (C=O) groups excluding carboxylic acids is 1. The van der Waals surface area contributed by atoms with Crippen molar-refractivity contribution < 1.29 is 9.90 Å². The number of aliphatic hydroxyl groups is 1. The van der Waals surface area contributed by atoms with Gasteiger partial charge in [-0.1, -0.05) is 18.2 Å². The molecule has 1 fully saturated rings. The lowest BCUT2D eigenvalue weighted by Crippen LogP contribution is -2.40. The average Bonchev–Trinajstić information content (AvgIpc) is 3.22. The summed E-state index contributed by atoms with van der Waals surface area (Å²) in [5.74, 6) is 1.50. The summed E-state index contributed by atoms with van der Waals surface area (Å²) in [7, 11) is 0. The zero-order chi connectivity index (χ0) is 20.9. The number of hydrogen-bond donors (Lipinski definition) is 2. The van der Waals surface area contributed by atoms with Gasteiger partial charge >= 0.3 is 0 Å². The van der Waals surface area contributed by atoms with Gasteiger partial charge in [0.2, 0.25) is 11.9 Å². The van der Waals surface area contributed by atoms with Gasteiger partial charge < -0.3 is 15.3 Å². The Kier molecular flexibility index (Phi) is 6.23. The number of anilines is 1. The minimum Gasteiger partial charge on any atom is -0.395 e. The van der Waals surface area contributed by atoms with Gasteiger partial charge in [0.05, 0.1) is 18.3 Å². The van der Waals surface area contributed by atoms with E-state index in [0.717, 1.165) is 42.4 Å². The zero-order valence-electron chi connectivity index (χ0n) is 17.2. The van der Waals surface area contributed by atoms with Crippen LogP contribution in [0.3, 0.4) is 0 Å². The summed E-state index contributed by atoms with van der Waals surface area (Å²) in [6, 6.07) is 10.1. The summed E-state index contributed by atoms with van der Waals surface area (Å²) in [6.07, 6.45) is 7.03. The number of rotatable bonds is 7. The van der Waals surface area contributed by atoms with Crippen molar-refractivity contribution in [3.8, 4) is 5.82 Å². The molecule has 0 bridgehead atoms. The van der Waals surface area contributed by atoms with Crippen molar-refractivity contribution in [1.82, 2.24) is 24.6 Å². The summed E-state index contributed by atoms with van der Waals surface area (Å²) in [5.41, 5.74) is 1.00. The standard InChI is InChI=1S/C22H28N6O2/c1-2-27(13-14-29)21(30)16-7-9-18(10-8-16)25-22-23-12-11-20(26-22)28-19-6-4-3-5-17(19)15-24-28/h3-6,11-12,15-16,18,29H,2,7-10,13-14H2,1H3,(H,23,25,26). The Balaban J connectivity index is 1.39. The van der Waals surface area contributed by atoms with Crippen molar-refractivity contribution in [2.75, 3.05) is 25.0 Å². The average molecular weight is 409 g/mol. The number of amides is 1. The summed E-state index contributed by atoms with van der Waals surface area (Å²) in [5, 5.41) is 18.1. The van der Waals surface area contributed by atoms with Gasteiger partial charge in [-0.2, -0.15) is 10.1 Å². The highest BCUT2D eigenvalue weighted by Crippen LogP contribution is 2.28. The topological polar surface area (TPSA) is 96.2 Å². The molecule has 0 unspecified atom stereocenters. The van der Waals surface area contributed by atoms with Gasteiger partial charge in [0.1, 0.15) is 0 Å². The van der Waals surface area contributed by atoms with Crippen LogP contribution in [0.15, 0.2) is 42.7 Å². The number of carbonyl (C=O) groups is 1. The van der Waals surface area contributed by atoms with E-state index in [0.29, 0.717) is 19.0 Å². The van der Waals surface area contributed by atoms with E-state index >= 15 is 0 Å². The van der Waals surface area contributed by atoms with Gasteiger partial charge in [-0.25, -0.2) is 9.67 Å². The molecule has 1 aliphatic carbocycles. The van der Waals surface area contributed by atoms with Gasteiger partial charge in [0.25, 0.3) is 0 Å². The van der Waals surface area contributed by atoms with Crippen LogP contribution in [0.5, 0.6) is 0 Å². The second kappa shape index (κ2) is 9.21. The summed E-state index contributed by atoms with van der Waals surface area (Å²) in [4.78, 5) is 23.4. The van der Waals surface area contributed by atoms with Crippen molar-refractivity contribution >= 4 is 22.8 Å². The van der Waals surface area contributed by atoms with E-state index in [1.807, 2.05) is 48.1 Å². The largest absolute Gasteiger partial charge is 0.395 e. The highest BCUT2D eigenvalue weighted by molar-refractivity contribution is 5.80. The van der Waals surface area contributed by atoms with E-state index in [-0.39, 0.29) is 24.5 Å². The maximum absolute atomic E-state index is 12.6. The summed E-state index contributed by atoms with van der Waals surface area (Å²) >= 11 is 0. The Morgan fingerprint density at radius 1 is 1.23 bits per heavy atom. The number of benzene rings is 1. The Hall–Kier alpha value is -3.00. The highest BCUT2D eigenvalue weighted by Gasteiger charge is 2.29. The number of likely N-dealkylation sites (N-methyl/N-ethyl adjacent to an activating group) is 1. The molecule has 0 aliphatic heterocycles. The molecule has 0 spiro atoms. The SMILES string of the molecule is CCN(CCO)C(=O)C1CCC(Nc2nccc(-n3ncc4ccccc43)n2)CC1. The molecule has 1 aromatic carbocycles. The maximum Gasteiger partial charge on any atom is 0.225 e. The molecule has 3 aromatic rings. The third kappa shape index (κ3) is 4.28. The van der Waals surface area contributed by atoms with Crippen LogP contribution in [0.1, 0.15) is 32.6 Å². The minimum atomic E-state index is 0.00962. The molecular weight excluding hydrogens is 380 g/mol. The number of nitrogens with one attached hydrogen (secondary N) is 1. The fourth-order valence-electron chi connectivity index (χ4n) is 4.16. The number of fused-ring (bicyclic) bond motifs is 1. The van der Waals surface area contributed by atoms with Crippen LogP contribution in [0.4, 0.5) is 5.95 Å². The first-order chi connectivity index (χ1) is 14.7. The fourth-order valence-corrected chi connectivity index (χ4v) is 4.16. The van der Waals surface area contributed by atoms with Gasteiger partial charge in [0, 0.05) is 42.7 Å². The molecule has 4 rings (SSSR count). The van der Waals surface area contributed by atoms with Crippen LogP contribution >= 0.6 is 0 Å². The van der Waals surface area contributed by atoms with Gasteiger partial charge in [-0.3, -0.25) is 4.79 Å². The predicted molar refractivity (Wildman–Crippen MR) is 115 cm³/mol. The fraction of sp³-hybridized carbons (Fsp3) is 0.455. The molecule has 8 nitrogen and oxygen atoms in total. The summed E-state index contributed by atoms with van der Waals surface area (Å²) in [6.45, 7) is 3.01. The smallest absolute Gasteiger partial charge is 0.225 e. The van der Waals surface area contributed by atoms with Gasteiger partial charge in [-0.15, -0.1) is 0 Å². The highest BCUT2D eigenvalue weighted by atomic mass is 16.3. The Morgan fingerprint density at radius 2 is 2.03 bits per heavy atom. The molecule has 158 valence electrons. The number of hydrogen-bond acceptors (Lipinski definition) is 6. The normalized spacial score (nSPS) is 19.0. The van der Waals surface area contributed by atoms with Crippen molar-refractivity contribution in [3.05, 3.63) is 42.7 Å². The second-order valence-corrected chi connectivity index (χ2v) is 7.69. The van der Waals surface area contributed by atoms with Crippen molar-refractivity contribution in [2.45, 2.75) is 38.6 Å². The lowest BCUT2D eigenvalue weighted by Gasteiger charge is -2.31. The molecule has 1 saturated carbocycles. The number of nitrogens with zero attached hydrogens (tertiary/aromatic N) is 5. The van der Waals surface area contributed by atoms with E-state index in [1.165, 1.54) is 0 Å². The van der Waals surface area contributed by atoms with Crippen molar-refractivity contribution in [1.29, 1.82) is 0 Å². The molecule has 2 heterocycles. The summed E-state index contributed by atoms with van der Waals surface area (Å²) < 4.78 is 1.82. The molecule has 0 radical (unpaired) electrons. The van der Waals surface area contributed by atoms with Crippen molar-refractivity contribution in [2.24, 2.45) is 5.92 Å². The van der Waals surface area contributed by atoms with Crippen LogP contribution in [-0.2, 0) is 4.79 Å². The first-order valence-corrected chi connectivity index (χ1v) is 10.6. The molecule has 2 aromatic heterocycles. The molecule has 30 heavy (non-hydrogen) atoms. The quantitative estimate of drug-likeness (QED) is 0.624. The lowest BCUT2D eigenvalue weighted by molar-refractivity contribution is -0.136. The number of aliphatic hydroxyl groups excluding tert-OH is 1. The number of aromatic nitrogens is 4. The molecule has 0 atom stereocenters. The first kappa shape index (κ1) is 20.3. The predicted octanol–water partition coefficient (Wildman–Crippen LogP) is 2.63. The lowest BCUT2D eigenvalue weighted by atomic mass is 9.85. The van der Waals surface area contributed by atoms with E-state index in [1.54, 1.807) is 11.1 Å². The number of para-hydroxylation sites is 1. The molecule has 0 saturated heterocycles. The van der Waals surface area contributed by atoms with E-state index in [9.17, 15) is 4.79 Å². The third-order valence-corrected chi connectivity index (χ3v) is 5.81. The minimum absolute atomic E-state index is 0.00962. The van der Waals surface area contributed by atoms with E-state index in [4.69, 9.17) is 5.11 Å². The molecule has 8 heteroatoms. The van der Waals surface area contributed by atoms with Crippen LogP contribution in [0, 0.1) is 5.92 Å². The zero-order valence-corrected chi connectivity index (χ0v) is 17.2. The van der Waals surface area contributed by atoms with Crippen LogP contribution in [0.25, 0.3) is 16.7 Å². The van der Waals surface area contributed by atoms with E-state index in [2.05, 4.69) is 20.4 Å². The second-order valence-electron chi connectivity index (χ2n) is 7.69. The monoisotopic (exact) mass is 408 g/mol. The first-order valence-electron chi connectivity index (χ1n) is 10.6. The van der Waals surface area contributed by atoms with Crippen LogP contribution < -0.4 is 5.32 Å². The van der Waals surface area contributed by atoms with Crippen LogP contribution in [-0.4, -0.2) is 61.4 Å². The Labute approximate surface area is 175 Å². The van der Waals surface area contributed by atoms with E-state index < -0.39 is 0 Å². The molecular formula is C22H28N6O2. The Bertz CT molecular complexity index is 996.